The van der Waals surface area contributed by atoms with Crippen LogP contribution in [0, 0.1) is 12.8 Å². The predicted octanol–water partition coefficient (Wildman–Crippen LogP) is 2.70. The Morgan fingerprint density at radius 1 is 1.25 bits per heavy atom. The fraction of sp³-hybridized carbons (Fsp3) is 0.389. The lowest BCUT2D eigenvalue weighted by Crippen LogP contribution is -2.36. The smallest absolute Gasteiger partial charge is 0.306 e. The van der Waals surface area contributed by atoms with Crippen LogP contribution in [0.3, 0.4) is 0 Å². The van der Waals surface area contributed by atoms with Gasteiger partial charge in [0.05, 0.1) is 5.92 Å². The second-order valence-electron chi connectivity index (χ2n) is 6.20. The highest BCUT2D eigenvalue weighted by Gasteiger charge is 2.25. The Bertz CT molecular complexity index is 694. The minimum atomic E-state index is -0.696. The summed E-state index contributed by atoms with van der Waals surface area (Å²) >= 11 is 0. The standard InChI is InChI=1S/C18H22N4O2/c1-13-2-4-14(5-3-13)11-19-16-10-17(21-12-20-16)22-8-6-15(7-9-22)18(23)24/h2-5,10,12,15H,6-9,11H2,1H3,(H,23,24)(H,19,20,21). The number of nitrogens with zero attached hydrogens (tertiary/aromatic N) is 3. The summed E-state index contributed by atoms with van der Waals surface area (Å²) in [6.45, 7) is 4.20. The number of aliphatic carboxylic acids is 1. The lowest BCUT2D eigenvalue weighted by atomic mass is 9.97. The van der Waals surface area contributed by atoms with E-state index in [2.05, 4.69) is 51.4 Å². The molecule has 0 aliphatic carbocycles. The Hall–Kier alpha value is -2.63. The maximum Gasteiger partial charge on any atom is 0.306 e. The van der Waals surface area contributed by atoms with Gasteiger partial charge >= 0.3 is 5.97 Å². The van der Waals surface area contributed by atoms with Gasteiger partial charge in [-0.1, -0.05) is 29.8 Å². The van der Waals surface area contributed by atoms with Crippen molar-refractivity contribution in [2.24, 2.45) is 5.92 Å². The Morgan fingerprint density at radius 3 is 2.62 bits per heavy atom. The van der Waals surface area contributed by atoms with Crippen LogP contribution in [-0.4, -0.2) is 34.1 Å². The highest BCUT2D eigenvalue weighted by molar-refractivity contribution is 5.70. The molecule has 2 heterocycles. The Balaban J connectivity index is 1.60. The van der Waals surface area contributed by atoms with Crippen molar-refractivity contribution in [3.8, 4) is 0 Å². The maximum absolute atomic E-state index is 11.0. The first-order chi connectivity index (χ1) is 11.6. The molecule has 126 valence electrons. The highest BCUT2D eigenvalue weighted by Crippen LogP contribution is 2.23. The number of aromatic nitrogens is 2. The van der Waals surface area contributed by atoms with E-state index >= 15 is 0 Å². The third-order valence-electron chi connectivity index (χ3n) is 4.42. The van der Waals surface area contributed by atoms with Crippen LogP contribution in [0.25, 0.3) is 0 Å². The molecule has 0 bridgehead atoms. The van der Waals surface area contributed by atoms with E-state index in [0.29, 0.717) is 32.5 Å². The number of hydrogen-bond donors (Lipinski definition) is 2. The molecule has 0 unspecified atom stereocenters. The van der Waals surface area contributed by atoms with E-state index in [1.807, 2.05) is 6.07 Å². The van der Waals surface area contributed by atoms with Crippen molar-refractivity contribution in [3.63, 3.8) is 0 Å². The molecule has 24 heavy (non-hydrogen) atoms. The molecule has 1 saturated heterocycles. The number of anilines is 2. The Morgan fingerprint density at radius 2 is 1.96 bits per heavy atom. The van der Waals surface area contributed by atoms with Gasteiger partial charge in [0.15, 0.2) is 0 Å². The van der Waals surface area contributed by atoms with E-state index in [0.717, 1.165) is 11.6 Å². The van der Waals surface area contributed by atoms with E-state index in [9.17, 15) is 4.79 Å². The molecule has 1 fully saturated rings. The molecule has 6 nitrogen and oxygen atoms in total. The van der Waals surface area contributed by atoms with E-state index < -0.39 is 5.97 Å². The molecular weight excluding hydrogens is 304 g/mol. The fourth-order valence-corrected chi connectivity index (χ4v) is 2.87. The van der Waals surface area contributed by atoms with Crippen molar-refractivity contribution in [2.45, 2.75) is 26.3 Å². The third kappa shape index (κ3) is 4.01. The number of aryl methyl sites for hydroxylation is 1. The van der Waals surface area contributed by atoms with Crippen molar-refractivity contribution in [1.82, 2.24) is 9.97 Å². The van der Waals surface area contributed by atoms with Crippen LogP contribution in [0.15, 0.2) is 36.7 Å². The summed E-state index contributed by atoms with van der Waals surface area (Å²) in [6, 6.07) is 10.3. The minimum Gasteiger partial charge on any atom is -0.481 e. The molecular formula is C18H22N4O2. The second kappa shape index (κ2) is 7.29. The van der Waals surface area contributed by atoms with Crippen LogP contribution in [0.1, 0.15) is 24.0 Å². The van der Waals surface area contributed by atoms with Crippen LogP contribution in [0.4, 0.5) is 11.6 Å². The number of hydrogen-bond acceptors (Lipinski definition) is 5. The Kier molecular flexibility index (Phi) is 4.93. The zero-order valence-corrected chi connectivity index (χ0v) is 13.8. The van der Waals surface area contributed by atoms with Crippen LogP contribution < -0.4 is 10.2 Å². The van der Waals surface area contributed by atoms with Gasteiger partial charge in [0, 0.05) is 25.7 Å². The van der Waals surface area contributed by atoms with Crippen molar-refractivity contribution in [2.75, 3.05) is 23.3 Å². The van der Waals surface area contributed by atoms with E-state index in [1.54, 1.807) is 6.33 Å². The summed E-state index contributed by atoms with van der Waals surface area (Å²) in [5, 5.41) is 12.4. The number of carboxylic acids is 1. The molecule has 1 aromatic carbocycles. The second-order valence-corrected chi connectivity index (χ2v) is 6.20. The molecule has 2 N–H and O–H groups in total. The van der Waals surface area contributed by atoms with Gasteiger partial charge in [0.1, 0.15) is 18.0 Å². The van der Waals surface area contributed by atoms with Crippen molar-refractivity contribution >= 4 is 17.6 Å². The monoisotopic (exact) mass is 326 g/mol. The lowest BCUT2D eigenvalue weighted by molar-refractivity contribution is -0.142. The summed E-state index contributed by atoms with van der Waals surface area (Å²) < 4.78 is 0. The third-order valence-corrected chi connectivity index (χ3v) is 4.42. The fourth-order valence-electron chi connectivity index (χ4n) is 2.87. The number of nitrogens with one attached hydrogen (secondary N) is 1. The maximum atomic E-state index is 11.0. The topological polar surface area (TPSA) is 78.4 Å². The van der Waals surface area contributed by atoms with Crippen LogP contribution in [0.5, 0.6) is 0 Å². The SMILES string of the molecule is Cc1ccc(CNc2cc(N3CCC(C(=O)O)CC3)ncn2)cc1. The molecule has 6 heteroatoms. The molecule has 2 aromatic rings. The Labute approximate surface area is 141 Å². The van der Waals surface area contributed by atoms with Crippen LogP contribution in [-0.2, 0) is 11.3 Å². The van der Waals surface area contributed by atoms with Crippen LogP contribution in [0.2, 0.25) is 0 Å². The molecule has 1 aliphatic rings. The van der Waals surface area contributed by atoms with Gasteiger partial charge in [-0.05, 0) is 25.3 Å². The molecule has 1 aromatic heterocycles. The van der Waals surface area contributed by atoms with Crippen molar-refractivity contribution < 1.29 is 9.90 Å². The summed E-state index contributed by atoms with van der Waals surface area (Å²) in [7, 11) is 0. The molecule has 3 rings (SSSR count). The zero-order chi connectivity index (χ0) is 16.9. The van der Waals surface area contributed by atoms with Gasteiger partial charge in [-0.2, -0.15) is 0 Å². The number of carbonyl (C=O) groups is 1. The summed E-state index contributed by atoms with van der Waals surface area (Å²) in [5.74, 6) is 0.696. The lowest BCUT2D eigenvalue weighted by Gasteiger charge is -2.31. The van der Waals surface area contributed by atoms with Gasteiger partial charge in [-0.15, -0.1) is 0 Å². The molecule has 1 aliphatic heterocycles. The zero-order valence-electron chi connectivity index (χ0n) is 13.8. The molecule has 0 radical (unpaired) electrons. The predicted molar refractivity (Wildman–Crippen MR) is 93.1 cm³/mol. The molecule has 0 atom stereocenters. The van der Waals surface area contributed by atoms with Gasteiger partial charge < -0.3 is 15.3 Å². The average Bonchev–Trinajstić information content (AvgIpc) is 2.61. The van der Waals surface area contributed by atoms with E-state index in [4.69, 9.17) is 5.11 Å². The summed E-state index contributed by atoms with van der Waals surface area (Å²) in [4.78, 5) is 21.8. The first-order valence-electron chi connectivity index (χ1n) is 8.21. The highest BCUT2D eigenvalue weighted by atomic mass is 16.4. The average molecular weight is 326 g/mol. The molecule has 0 amide bonds. The number of rotatable bonds is 5. The quantitative estimate of drug-likeness (QED) is 0.879. The molecule has 0 saturated carbocycles. The van der Waals surface area contributed by atoms with E-state index in [-0.39, 0.29) is 5.92 Å². The van der Waals surface area contributed by atoms with Gasteiger partial charge in [-0.25, -0.2) is 9.97 Å². The van der Waals surface area contributed by atoms with E-state index in [1.165, 1.54) is 11.1 Å². The van der Waals surface area contributed by atoms with Gasteiger partial charge in [-0.3, -0.25) is 4.79 Å². The summed E-state index contributed by atoms with van der Waals surface area (Å²) in [6.07, 6.45) is 2.87. The largest absolute Gasteiger partial charge is 0.481 e. The number of benzene rings is 1. The first kappa shape index (κ1) is 16.2. The van der Waals surface area contributed by atoms with Crippen LogP contribution >= 0.6 is 0 Å². The minimum absolute atomic E-state index is 0.234. The van der Waals surface area contributed by atoms with Gasteiger partial charge in [0.25, 0.3) is 0 Å². The first-order valence-corrected chi connectivity index (χ1v) is 8.21. The summed E-state index contributed by atoms with van der Waals surface area (Å²) in [5.41, 5.74) is 2.44. The van der Waals surface area contributed by atoms with Crippen molar-refractivity contribution in [1.29, 1.82) is 0 Å². The van der Waals surface area contributed by atoms with Crippen molar-refractivity contribution in [3.05, 3.63) is 47.8 Å². The van der Waals surface area contributed by atoms with Gasteiger partial charge in [0.2, 0.25) is 0 Å². The molecule has 0 spiro atoms. The normalized spacial score (nSPS) is 15.3. The number of carboxylic acid groups (broad SMARTS) is 1. The number of piperidine rings is 1.